The summed E-state index contributed by atoms with van der Waals surface area (Å²) in [5, 5.41) is 22.3. The van der Waals surface area contributed by atoms with Crippen molar-refractivity contribution in [2.24, 2.45) is 57.2 Å². The summed E-state index contributed by atoms with van der Waals surface area (Å²) >= 11 is 1.63. The van der Waals surface area contributed by atoms with Crippen LogP contribution in [0.3, 0.4) is 0 Å². The molecular formula is C38H70O6S. The second kappa shape index (κ2) is 16.5. The molecule has 0 aromatic carbocycles. The summed E-state index contributed by atoms with van der Waals surface area (Å²) in [5.41, 5.74) is 0.107. The molecule has 264 valence electrons. The number of hydrogen-bond donors (Lipinski definition) is 2. The average Bonchev–Trinajstić information content (AvgIpc) is 2.88. The maximum Gasteiger partial charge on any atom is 0.305 e. The first-order valence-corrected chi connectivity index (χ1v) is 18.9. The summed E-state index contributed by atoms with van der Waals surface area (Å²) in [6.45, 7) is 27.3. The molecule has 0 amide bonds. The van der Waals surface area contributed by atoms with Gasteiger partial charge in [-0.05, 0) is 95.7 Å². The zero-order valence-electron chi connectivity index (χ0n) is 31.0. The van der Waals surface area contributed by atoms with Crippen molar-refractivity contribution in [2.45, 2.75) is 147 Å². The maximum atomic E-state index is 12.5. The molecule has 0 aliphatic heterocycles. The SMILES string of the molecule is CC(C)(C)C1CC(CCC(=O)OCCSCCOC(=O)CCC2CC(C(C)(C)C)C(O)C(C(C)(C)C)C2)CC(C(C)(C)C)C1O. The number of aliphatic hydroxyl groups is 2. The van der Waals surface area contributed by atoms with Gasteiger partial charge in [0.25, 0.3) is 0 Å². The molecule has 2 aliphatic carbocycles. The van der Waals surface area contributed by atoms with Crippen LogP contribution < -0.4 is 0 Å². The van der Waals surface area contributed by atoms with Crippen LogP contribution in [0.4, 0.5) is 0 Å². The van der Waals surface area contributed by atoms with Crippen molar-refractivity contribution < 1.29 is 29.3 Å². The van der Waals surface area contributed by atoms with E-state index in [1.165, 1.54) is 0 Å². The molecule has 0 bridgehead atoms. The molecule has 0 heterocycles. The number of hydrogen-bond acceptors (Lipinski definition) is 7. The summed E-state index contributed by atoms with van der Waals surface area (Å²) in [5.74, 6) is 2.82. The highest BCUT2D eigenvalue weighted by molar-refractivity contribution is 7.99. The van der Waals surface area contributed by atoms with E-state index in [-0.39, 0.29) is 69.5 Å². The van der Waals surface area contributed by atoms with Gasteiger partial charge in [0, 0.05) is 24.3 Å². The van der Waals surface area contributed by atoms with Gasteiger partial charge in [-0.1, -0.05) is 83.1 Å². The lowest BCUT2D eigenvalue weighted by Gasteiger charge is -2.49. The quantitative estimate of drug-likeness (QED) is 0.161. The topological polar surface area (TPSA) is 93.1 Å². The molecule has 0 spiro atoms. The fourth-order valence-corrected chi connectivity index (χ4v) is 8.61. The molecule has 2 rings (SSSR count). The molecule has 2 aliphatic rings. The molecule has 2 saturated carbocycles. The van der Waals surface area contributed by atoms with Crippen LogP contribution in [0.15, 0.2) is 0 Å². The monoisotopic (exact) mass is 654 g/mol. The van der Waals surface area contributed by atoms with Crippen molar-refractivity contribution in [1.29, 1.82) is 0 Å². The number of esters is 2. The van der Waals surface area contributed by atoms with E-state index in [4.69, 9.17) is 9.47 Å². The van der Waals surface area contributed by atoms with Gasteiger partial charge in [-0.15, -0.1) is 0 Å². The normalized spacial score (nSPS) is 30.2. The molecular weight excluding hydrogens is 584 g/mol. The Labute approximate surface area is 280 Å². The predicted octanol–water partition coefficient (Wildman–Crippen LogP) is 8.56. The summed E-state index contributed by atoms with van der Waals surface area (Å²) in [4.78, 5) is 25.0. The van der Waals surface area contributed by atoms with Gasteiger partial charge in [0.05, 0.1) is 12.2 Å². The minimum atomic E-state index is -0.307. The van der Waals surface area contributed by atoms with Gasteiger partial charge in [-0.3, -0.25) is 9.59 Å². The number of ether oxygens (including phenoxy) is 2. The Morgan fingerprint density at radius 3 is 1.07 bits per heavy atom. The van der Waals surface area contributed by atoms with Gasteiger partial charge in [-0.25, -0.2) is 0 Å². The van der Waals surface area contributed by atoms with Gasteiger partial charge in [0.15, 0.2) is 0 Å². The molecule has 0 aromatic rings. The average molecular weight is 655 g/mol. The number of thioether (sulfide) groups is 1. The van der Waals surface area contributed by atoms with Crippen LogP contribution in [-0.4, -0.2) is 59.1 Å². The van der Waals surface area contributed by atoms with Gasteiger partial charge in [0.2, 0.25) is 0 Å². The van der Waals surface area contributed by atoms with E-state index in [0.29, 0.717) is 49.4 Å². The molecule has 45 heavy (non-hydrogen) atoms. The Hall–Kier alpha value is -0.790. The third kappa shape index (κ3) is 13.0. The Kier molecular flexibility index (Phi) is 14.8. The summed E-state index contributed by atoms with van der Waals surface area (Å²) in [6.07, 6.45) is 5.67. The fraction of sp³-hybridized carbons (Fsp3) is 0.947. The second-order valence-electron chi connectivity index (χ2n) is 18.7. The highest BCUT2D eigenvalue weighted by atomic mass is 32.2. The minimum Gasteiger partial charge on any atom is -0.465 e. The lowest BCUT2D eigenvalue weighted by Crippen LogP contribution is -2.47. The Bertz CT molecular complexity index is 798. The van der Waals surface area contributed by atoms with Gasteiger partial charge < -0.3 is 19.7 Å². The fourth-order valence-electron chi connectivity index (χ4n) is 8.00. The number of carbonyl (C=O) groups is 2. The first kappa shape index (κ1) is 40.4. The van der Waals surface area contributed by atoms with Crippen LogP contribution >= 0.6 is 11.8 Å². The molecule has 0 aromatic heterocycles. The van der Waals surface area contributed by atoms with E-state index in [1.54, 1.807) is 11.8 Å². The zero-order valence-corrected chi connectivity index (χ0v) is 31.9. The summed E-state index contributed by atoms with van der Waals surface area (Å²) in [6, 6.07) is 0. The largest absolute Gasteiger partial charge is 0.465 e. The Balaban J connectivity index is 1.64. The third-order valence-corrected chi connectivity index (χ3v) is 11.9. The van der Waals surface area contributed by atoms with E-state index in [0.717, 1.165) is 38.5 Å². The summed E-state index contributed by atoms with van der Waals surface area (Å²) in [7, 11) is 0. The van der Waals surface area contributed by atoms with Crippen molar-refractivity contribution >= 4 is 23.7 Å². The van der Waals surface area contributed by atoms with Crippen LogP contribution in [0.25, 0.3) is 0 Å². The lowest BCUT2D eigenvalue weighted by molar-refractivity contribution is -0.144. The molecule has 6 nitrogen and oxygen atoms in total. The third-order valence-electron chi connectivity index (χ3n) is 10.9. The van der Waals surface area contributed by atoms with Gasteiger partial charge >= 0.3 is 11.9 Å². The van der Waals surface area contributed by atoms with E-state index >= 15 is 0 Å². The van der Waals surface area contributed by atoms with Crippen LogP contribution in [0.2, 0.25) is 0 Å². The first-order valence-electron chi connectivity index (χ1n) is 17.8. The van der Waals surface area contributed by atoms with Crippen LogP contribution in [0.1, 0.15) is 134 Å². The molecule has 7 heteroatoms. The van der Waals surface area contributed by atoms with Crippen LogP contribution in [0.5, 0.6) is 0 Å². The van der Waals surface area contributed by atoms with Gasteiger partial charge in [0.1, 0.15) is 13.2 Å². The smallest absolute Gasteiger partial charge is 0.305 e. The highest BCUT2D eigenvalue weighted by Crippen LogP contribution is 2.50. The van der Waals surface area contributed by atoms with Crippen molar-refractivity contribution in [2.75, 3.05) is 24.7 Å². The second-order valence-corrected chi connectivity index (χ2v) is 19.9. The van der Waals surface area contributed by atoms with Crippen LogP contribution in [-0.2, 0) is 19.1 Å². The zero-order chi connectivity index (χ0) is 34.4. The van der Waals surface area contributed by atoms with E-state index in [2.05, 4.69) is 83.1 Å². The van der Waals surface area contributed by atoms with Crippen molar-refractivity contribution in [1.82, 2.24) is 0 Å². The Morgan fingerprint density at radius 2 is 0.822 bits per heavy atom. The Morgan fingerprint density at radius 1 is 0.556 bits per heavy atom. The number of carbonyl (C=O) groups excluding carboxylic acids is 2. The maximum absolute atomic E-state index is 12.5. The van der Waals surface area contributed by atoms with E-state index in [1.807, 2.05) is 0 Å². The lowest BCUT2D eigenvalue weighted by atomic mass is 9.58. The highest BCUT2D eigenvalue weighted by Gasteiger charge is 2.47. The van der Waals surface area contributed by atoms with Crippen molar-refractivity contribution in [3.05, 3.63) is 0 Å². The molecule has 4 unspecified atom stereocenters. The minimum absolute atomic E-state index is 0.0268. The van der Waals surface area contributed by atoms with E-state index < -0.39 is 0 Å². The molecule has 4 atom stereocenters. The first-order chi connectivity index (χ1) is 20.5. The van der Waals surface area contributed by atoms with E-state index in [9.17, 15) is 19.8 Å². The molecule has 0 saturated heterocycles. The number of aliphatic hydroxyl groups excluding tert-OH is 2. The predicted molar refractivity (Wildman–Crippen MR) is 187 cm³/mol. The molecule has 2 N–H and O–H groups in total. The van der Waals surface area contributed by atoms with Crippen LogP contribution in [0, 0.1) is 57.2 Å². The number of rotatable bonds is 12. The molecule has 2 fully saturated rings. The summed E-state index contributed by atoms with van der Waals surface area (Å²) < 4.78 is 11.0. The standard InChI is InChI=1S/C38H70O6S/c1-35(2,3)27-21-25(22-28(33(27)41)36(4,5)6)13-15-31(39)43-17-19-45-20-18-44-32(40)16-14-26-23-29(37(7,8)9)34(42)30(24-26)38(10,11)12/h25-30,33-34,41-42H,13-24H2,1-12H3. The van der Waals surface area contributed by atoms with Crippen molar-refractivity contribution in [3.63, 3.8) is 0 Å². The van der Waals surface area contributed by atoms with Gasteiger partial charge in [-0.2, -0.15) is 11.8 Å². The van der Waals surface area contributed by atoms with Crippen molar-refractivity contribution in [3.8, 4) is 0 Å². The molecule has 0 radical (unpaired) electrons.